The van der Waals surface area contributed by atoms with E-state index in [9.17, 15) is 4.79 Å². The number of rotatable bonds is 11. The summed E-state index contributed by atoms with van der Waals surface area (Å²) >= 11 is 0. The lowest BCUT2D eigenvalue weighted by atomic mass is 10.1. The molecule has 0 spiro atoms. The summed E-state index contributed by atoms with van der Waals surface area (Å²) in [6, 6.07) is 0. The third-order valence-corrected chi connectivity index (χ3v) is 2.76. The number of ether oxygens (including phenoxy) is 1. The summed E-state index contributed by atoms with van der Waals surface area (Å²) in [4.78, 5) is 11.0. The molecule has 0 saturated carbocycles. The molecule has 18 heavy (non-hydrogen) atoms. The minimum atomic E-state index is 0.225. The minimum absolute atomic E-state index is 0.225. The average molecular weight is 257 g/mol. The normalized spacial score (nSPS) is 11.8. The number of carbonyl (C=O) groups excluding carboxylic acids is 1. The van der Waals surface area contributed by atoms with E-state index in [0.717, 1.165) is 32.6 Å². The molecule has 0 fully saturated rings. The zero-order valence-corrected chi connectivity index (χ0v) is 12.7. The molecule has 0 aromatic heterocycles. The van der Waals surface area contributed by atoms with Crippen LogP contribution in [0, 0.1) is 0 Å². The lowest BCUT2D eigenvalue weighted by Gasteiger charge is -2.20. The number of carbonyl (C=O) groups is 1. The molecule has 108 valence electrons. The molecule has 0 saturated heterocycles. The van der Waals surface area contributed by atoms with E-state index in [1.165, 1.54) is 12.8 Å². The SMILES string of the molecule is CCC(=O)CCCOCCCCCNC(C)(C)C. The molecule has 0 heterocycles. The van der Waals surface area contributed by atoms with E-state index in [4.69, 9.17) is 4.74 Å². The van der Waals surface area contributed by atoms with Crippen molar-refractivity contribution in [2.24, 2.45) is 0 Å². The Morgan fingerprint density at radius 3 is 2.33 bits per heavy atom. The molecule has 0 bridgehead atoms. The van der Waals surface area contributed by atoms with Crippen LogP contribution in [0.25, 0.3) is 0 Å². The van der Waals surface area contributed by atoms with Gasteiger partial charge in [0.05, 0.1) is 0 Å². The lowest BCUT2D eigenvalue weighted by Crippen LogP contribution is -2.36. The van der Waals surface area contributed by atoms with Crippen LogP contribution in [0.15, 0.2) is 0 Å². The maximum absolute atomic E-state index is 11.0. The second kappa shape index (κ2) is 10.5. The molecule has 3 heteroatoms. The van der Waals surface area contributed by atoms with E-state index in [2.05, 4.69) is 26.1 Å². The van der Waals surface area contributed by atoms with E-state index in [0.29, 0.717) is 18.6 Å². The van der Waals surface area contributed by atoms with Gasteiger partial charge in [0.25, 0.3) is 0 Å². The van der Waals surface area contributed by atoms with Crippen LogP contribution in [0.1, 0.15) is 66.2 Å². The fraction of sp³-hybridized carbons (Fsp3) is 0.933. The first-order chi connectivity index (χ1) is 8.45. The van der Waals surface area contributed by atoms with Gasteiger partial charge in [-0.25, -0.2) is 0 Å². The second-order valence-electron chi connectivity index (χ2n) is 5.85. The van der Waals surface area contributed by atoms with Crippen molar-refractivity contribution in [1.82, 2.24) is 5.32 Å². The van der Waals surface area contributed by atoms with Gasteiger partial charge in [-0.2, -0.15) is 0 Å². The summed E-state index contributed by atoms with van der Waals surface area (Å²) in [5.74, 6) is 0.340. The summed E-state index contributed by atoms with van der Waals surface area (Å²) in [5.41, 5.74) is 0.225. The van der Waals surface area contributed by atoms with Crippen molar-refractivity contribution in [3.8, 4) is 0 Å². The highest BCUT2D eigenvalue weighted by atomic mass is 16.5. The molecule has 3 nitrogen and oxygen atoms in total. The largest absolute Gasteiger partial charge is 0.381 e. The molecular formula is C15H31NO2. The van der Waals surface area contributed by atoms with Gasteiger partial charge in [0.15, 0.2) is 0 Å². The van der Waals surface area contributed by atoms with Crippen LogP contribution in [0.5, 0.6) is 0 Å². The number of hydrogen-bond acceptors (Lipinski definition) is 3. The Labute approximate surface area is 113 Å². The highest BCUT2D eigenvalue weighted by molar-refractivity contribution is 5.77. The maximum atomic E-state index is 11.0. The van der Waals surface area contributed by atoms with Crippen molar-refractivity contribution < 1.29 is 9.53 Å². The molecule has 0 rings (SSSR count). The first-order valence-electron chi connectivity index (χ1n) is 7.30. The van der Waals surface area contributed by atoms with Crippen molar-refractivity contribution in [3.63, 3.8) is 0 Å². The molecule has 0 atom stereocenters. The molecule has 0 aliphatic heterocycles. The fourth-order valence-corrected chi connectivity index (χ4v) is 1.62. The Hall–Kier alpha value is -0.410. The Morgan fingerprint density at radius 1 is 1.06 bits per heavy atom. The smallest absolute Gasteiger partial charge is 0.132 e. The van der Waals surface area contributed by atoms with E-state index >= 15 is 0 Å². The van der Waals surface area contributed by atoms with Crippen LogP contribution in [0.4, 0.5) is 0 Å². The first-order valence-corrected chi connectivity index (χ1v) is 7.30. The third-order valence-electron chi connectivity index (χ3n) is 2.76. The van der Waals surface area contributed by atoms with Gasteiger partial charge < -0.3 is 10.1 Å². The van der Waals surface area contributed by atoms with Gasteiger partial charge in [-0.05, 0) is 53.0 Å². The Balaban J connectivity index is 3.10. The van der Waals surface area contributed by atoms with Gasteiger partial charge in [-0.1, -0.05) is 6.92 Å². The summed E-state index contributed by atoms with van der Waals surface area (Å²) < 4.78 is 5.50. The van der Waals surface area contributed by atoms with E-state index in [1.807, 2.05) is 6.92 Å². The van der Waals surface area contributed by atoms with Gasteiger partial charge in [0.2, 0.25) is 0 Å². The summed E-state index contributed by atoms with van der Waals surface area (Å²) in [6.07, 6.45) is 5.73. The highest BCUT2D eigenvalue weighted by Gasteiger charge is 2.06. The molecule has 0 amide bonds. The molecule has 0 aromatic carbocycles. The maximum Gasteiger partial charge on any atom is 0.132 e. The molecular weight excluding hydrogens is 226 g/mol. The minimum Gasteiger partial charge on any atom is -0.381 e. The molecule has 0 aliphatic carbocycles. The van der Waals surface area contributed by atoms with E-state index < -0.39 is 0 Å². The number of Topliss-reactive ketones (excluding diaryl/α,β-unsaturated/α-hetero) is 1. The van der Waals surface area contributed by atoms with Crippen molar-refractivity contribution in [2.45, 2.75) is 71.8 Å². The van der Waals surface area contributed by atoms with Crippen molar-refractivity contribution in [2.75, 3.05) is 19.8 Å². The zero-order chi connectivity index (χ0) is 13.9. The van der Waals surface area contributed by atoms with Crippen LogP contribution >= 0.6 is 0 Å². The summed E-state index contributed by atoms with van der Waals surface area (Å²) in [5, 5.41) is 3.47. The molecule has 1 N–H and O–H groups in total. The first kappa shape index (κ1) is 17.6. The molecule has 0 aliphatic rings. The number of nitrogens with one attached hydrogen (secondary N) is 1. The van der Waals surface area contributed by atoms with E-state index in [-0.39, 0.29) is 5.54 Å². The Bertz CT molecular complexity index is 209. The Kier molecular flexibility index (Phi) is 10.3. The quantitative estimate of drug-likeness (QED) is 0.577. The van der Waals surface area contributed by atoms with Gasteiger partial charge in [-0.15, -0.1) is 0 Å². The van der Waals surface area contributed by atoms with Crippen LogP contribution in [-0.2, 0) is 9.53 Å². The van der Waals surface area contributed by atoms with Crippen molar-refractivity contribution >= 4 is 5.78 Å². The predicted octanol–water partition coefficient (Wildman–Crippen LogP) is 3.32. The van der Waals surface area contributed by atoms with Gasteiger partial charge in [0, 0.05) is 31.6 Å². The Morgan fingerprint density at radius 2 is 1.72 bits per heavy atom. The lowest BCUT2D eigenvalue weighted by molar-refractivity contribution is -0.119. The fourth-order valence-electron chi connectivity index (χ4n) is 1.62. The molecule has 0 aromatic rings. The topological polar surface area (TPSA) is 38.3 Å². The summed E-state index contributed by atoms with van der Waals surface area (Å²) in [6.45, 7) is 11.1. The van der Waals surface area contributed by atoms with Gasteiger partial charge in [0.1, 0.15) is 5.78 Å². The zero-order valence-electron chi connectivity index (χ0n) is 12.7. The number of ketones is 1. The van der Waals surface area contributed by atoms with Gasteiger partial charge >= 0.3 is 0 Å². The standard InChI is InChI=1S/C15H31NO2/c1-5-14(17)10-9-13-18-12-8-6-7-11-16-15(2,3)4/h16H,5-13H2,1-4H3. The van der Waals surface area contributed by atoms with Crippen molar-refractivity contribution in [1.29, 1.82) is 0 Å². The molecule has 0 radical (unpaired) electrons. The van der Waals surface area contributed by atoms with Crippen LogP contribution in [-0.4, -0.2) is 31.1 Å². The van der Waals surface area contributed by atoms with Gasteiger partial charge in [-0.3, -0.25) is 4.79 Å². The monoisotopic (exact) mass is 257 g/mol. The third kappa shape index (κ3) is 13.7. The summed E-state index contributed by atoms with van der Waals surface area (Å²) in [7, 11) is 0. The highest BCUT2D eigenvalue weighted by Crippen LogP contribution is 2.01. The van der Waals surface area contributed by atoms with Crippen molar-refractivity contribution in [3.05, 3.63) is 0 Å². The average Bonchev–Trinajstić information content (AvgIpc) is 2.29. The van der Waals surface area contributed by atoms with Crippen LogP contribution < -0.4 is 5.32 Å². The predicted molar refractivity (Wildman–Crippen MR) is 77.0 cm³/mol. The molecule has 0 unspecified atom stereocenters. The van der Waals surface area contributed by atoms with Crippen LogP contribution in [0.3, 0.4) is 0 Å². The van der Waals surface area contributed by atoms with Crippen LogP contribution in [0.2, 0.25) is 0 Å². The second-order valence-corrected chi connectivity index (χ2v) is 5.85. The number of unbranched alkanes of at least 4 members (excludes halogenated alkanes) is 2. The van der Waals surface area contributed by atoms with E-state index in [1.54, 1.807) is 0 Å². The number of hydrogen-bond donors (Lipinski definition) is 1.